The lowest BCUT2D eigenvalue weighted by Crippen LogP contribution is -2.36. The maximum atomic E-state index is 11.5. The van der Waals surface area contributed by atoms with Crippen molar-refractivity contribution in [2.75, 3.05) is 19.7 Å². The Balaban J connectivity index is 2.46. The molecule has 0 aromatic carbocycles. The van der Waals surface area contributed by atoms with E-state index in [1.165, 1.54) is 0 Å². The van der Waals surface area contributed by atoms with Gasteiger partial charge in [0.1, 0.15) is 5.60 Å². The number of epoxide rings is 1. The van der Waals surface area contributed by atoms with Gasteiger partial charge < -0.3 is 9.64 Å². The van der Waals surface area contributed by atoms with Gasteiger partial charge in [-0.1, -0.05) is 6.08 Å². The Kier molecular flexibility index (Phi) is 3.09. The van der Waals surface area contributed by atoms with Crippen LogP contribution in [-0.4, -0.2) is 36.1 Å². The number of likely N-dealkylation sites (N-methyl/N-ethyl adjacent to an activating group) is 1. The van der Waals surface area contributed by atoms with Crippen LogP contribution in [0.2, 0.25) is 0 Å². The lowest BCUT2D eigenvalue weighted by Gasteiger charge is -2.21. The number of hydrogen-bond donors (Lipinski definition) is 0. The first-order valence-corrected chi connectivity index (χ1v) is 4.67. The Labute approximate surface area is 79.4 Å². The average molecular weight is 183 g/mol. The van der Waals surface area contributed by atoms with Crippen LogP contribution in [-0.2, 0) is 9.53 Å². The van der Waals surface area contributed by atoms with Gasteiger partial charge in [-0.25, -0.2) is 0 Å². The molecule has 13 heavy (non-hydrogen) atoms. The second kappa shape index (κ2) is 3.92. The highest BCUT2D eigenvalue weighted by molar-refractivity contribution is 5.87. The van der Waals surface area contributed by atoms with Crippen LogP contribution in [0, 0.1) is 0 Å². The molecule has 1 rings (SSSR count). The molecule has 1 unspecified atom stereocenters. The SMILES string of the molecule is C/C=C/C(=O)N(CC)CC1(C)CO1. The molecule has 3 nitrogen and oxygen atoms in total. The molecule has 1 atom stereocenters. The van der Waals surface area contributed by atoms with Crippen LogP contribution in [0.3, 0.4) is 0 Å². The Morgan fingerprint density at radius 2 is 2.31 bits per heavy atom. The van der Waals surface area contributed by atoms with Crippen molar-refractivity contribution in [2.45, 2.75) is 26.4 Å². The van der Waals surface area contributed by atoms with E-state index < -0.39 is 0 Å². The monoisotopic (exact) mass is 183 g/mol. The number of amides is 1. The first kappa shape index (κ1) is 10.3. The zero-order valence-electron chi connectivity index (χ0n) is 8.54. The Hall–Kier alpha value is -0.830. The molecule has 1 aliphatic heterocycles. The molecule has 0 bridgehead atoms. The van der Waals surface area contributed by atoms with Crippen molar-refractivity contribution in [3.05, 3.63) is 12.2 Å². The van der Waals surface area contributed by atoms with Crippen LogP contribution in [0.15, 0.2) is 12.2 Å². The summed E-state index contributed by atoms with van der Waals surface area (Å²) in [4.78, 5) is 13.3. The molecular weight excluding hydrogens is 166 g/mol. The van der Waals surface area contributed by atoms with Crippen LogP contribution in [0.25, 0.3) is 0 Å². The number of ether oxygens (including phenoxy) is 1. The lowest BCUT2D eigenvalue weighted by molar-refractivity contribution is -0.126. The zero-order chi connectivity index (χ0) is 9.90. The van der Waals surface area contributed by atoms with Crippen molar-refractivity contribution >= 4 is 5.91 Å². The number of hydrogen-bond acceptors (Lipinski definition) is 2. The Bertz CT molecular complexity index is 219. The maximum Gasteiger partial charge on any atom is 0.246 e. The van der Waals surface area contributed by atoms with Gasteiger partial charge in [0, 0.05) is 6.54 Å². The van der Waals surface area contributed by atoms with E-state index in [0.717, 1.165) is 13.2 Å². The van der Waals surface area contributed by atoms with Gasteiger partial charge in [-0.15, -0.1) is 0 Å². The van der Waals surface area contributed by atoms with E-state index in [2.05, 4.69) is 0 Å². The van der Waals surface area contributed by atoms with Gasteiger partial charge in [0.2, 0.25) is 5.91 Å². The molecule has 1 heterocycles. The smallest absolute Gasteiger partial charge is 0.246 e. The minimum absolute atomic E-state index is 0.0710. The third-order valence-electron chi connectivity index (χ3n) is 2.17. The molecule has 0 aliphatic carbocycles. The van der Waals surface area contributed by atoms with Crippen molar-refractivity contribution in [1.82, 2.24) is 4.90 Å². The molecule has 0 saturated carbocycles. The van der Waals surface area contributed by atoms with Crippen molar-refractivity contribution < 1.29 is 9.53 Å². The molecule has 74 valence electrons. The minimum Gasteiger partial charge on any atom is -0.368 e. The molecule has 0 radical (unpaired) electrons. The summed E-state index contributed by atoms with van der Waals surface area (Å²) >= 11 is 0. The lowest BCUT2D eigenvalue weighted by atomic mass is 10.2. The molecule has 1 saturated heterocycles. The van der Waals surface area contributed by atoms with E-state index in [1.807, 2.05) is 20.8 Å². The summed E-state index contributed by atoms with van der Waals surface area (Å²) in [5.74, 6) is 0.0710. The van der Waals surface area contributed by atoms with Crippen molar-refractivity contribution in [3.8, 4) is 0 Å². The standard InChI is InChI=1S/C10H17NO2/c1-4-6-9(12)11(5-2)7-10(3)8-13-10/h4,6H,5,7-8H2,1-3H3/b6-4+. The van der Waals surface area contributed by atoms with Crippen LogP contribution >= 0.6 is 0 Å². The third-order valence-corrected chi connectivity index (χ3v) is 2.17. The molecule has 1 amide bonds. The van der Waals surface area contributed by atoms with E-state index >= 15 is 0 Å². The van der Waals surface area contributed by atoms with E-state index in [4.69, 9.17) is 4.74 Å². The fourth-order valence-corrected chi connectivity index (χ4v) is 1.21. The summed E-state index contributed by atoms with van der Waals surface area (Å²) in [7, 11) is 0. The number of carbonyl (C=O) groups is 1. The maximum absolute atomic E-state index is 11.5. The average Bonchev–Trinajstić information content (AvgIpc) is 2.81. The van der Waals surface area contributed by atoms with Crippen molar-refractivity contribution in [3.63, 3.8) is 0 Å². The highest BCUT2D eigenvalue weighted by Crippen LogP contribution is 2.26. The summed E-state index contributed by atoms with van der Waals surface area (Å²) in [5.41, 5.74) is -0.0761. The van der Waals surface area contributed by atoms with Crippen LogP contribution in [0.4, 0.5) is 0 Å². The van der Waals surface area contributed by atoms with Gasteiger partial charge in [-0.05, 0) is 26.8 Å². The summed E-state index contributed by atoms with van der Waals surface area (Å²) in [6.07, 6.45) is 3.36. The number of nitrogens with zero attached hydrogens (tertiary/aromatic N) is 1. The van der Waals surface area contributed by atoms with Gasteiger partial charge in [0.05, 0.1) is 13.2 Å². The molecule has 3 heteroatoms. The van der Waals surface area contributed by atoms with E-state index in [-0.39, 0.29) is 11.5 Å². The predicted molar refractivity (Wildman–Crippen MR) is 51.4 cm³/mol. The van der Waals surface area contributed by atoms with Crippen molar-refractivity contribution in [2.24, 2.45) is 0 Å². The quantitative estimate of drug-likeness (QED) is 0.484. The van der Waals surface area contributed by atoms with Gasteiger partial charge in [-0.3, -0.25) is 4.79 Å². The number of carbonyl (C=O) groups excluding carboxylic acids is 1. The Morgan fingerprint density at radius 1 is 1.69 bits per heavy atom. The summed E-state index contributed by atoms with van der Waals surface area (Å²) in [5, 5.41) is 0. The molecule has 0 N–H and O–H groups in total. The molecule has 1 fully saturated rings. The summed E-state index contributed by atoms with van der Waals surface area (Å²) in [6, 6.07) is 0. The topological polar surface area (TPSA) is 32.8 Å². The highest BCUT2D eigenvalue weighted by atomic mass is 16.6. The molecule has 1 aliphatic rings. The molecule has 0 aromatic rings. The van der Waals surface area contributed by atoms with Crippen molar-refractivity contribution in [1.29, 1.82) is 0 Å². The van der Waals surface area contributed by atoms with E-state index in [9.17, 15) is 4.79 Å². The number of allylic oxidation sites excluding steroid dienone is 1. The minimum atomic E-state index is -0.0761. The van der Waals surface area contributed by atoms with Gasteiger partial charge in [-0.2, -0.15) is 0 Å². The second-order valence-corrected chi connectivity index (χ2v) is 3.59. The summed E-state index contributed by atoms with van der Waals surface area (Å²) < 4.78 is 5.24. The van der Waals surface area contributed by atoms with E-state index in [1.54, 1.807) is 17.1 Å². The predicted octanol–water partition coefficient (Wildman–Crippen LogP) is 1.20. The molecule has 0 spiro atoms. The van der Waals surface area contributed by atoms with Crippen LogP contribution < -0.4 is 0 Å². The normalized spacial score (nSPS) is 26.4. The third kappa shape index (κ3) is 2.84. The van der Waals surface area contributed by atoms with Gasteiger partial charge >= 0.3 is 0 Å². The summed E-state index contributed by atoms with van der Waals surface area (Å²) in [6.45, 7) is 8.06. The second-order valence-electron chi connectivity index (χ2n) is 3.59. The van der Waals surface area contributed by atoms with Gasteiger partial charge in [0.25, 0.3) is 0 Å². The molecule has 0 aromatic heterocycles. The first-order valence-electron chi connectivity index (χ1n) is 4.67. The highest BCUT2D eigenvalue weighted by Gasteiger charge is 2.41. The van der Waals surface area contributed by atoms with E-state index in [0.29, 0.717) is 6.54 Å². The first-order chi connectivity index (χ1) is 6.11. The van der Waals surface area contributed by atoms with Gasteiger partial charge in [0.15, 0.2) is 0 Å². The molecular formula is C10H17NO2. The van der Waals surface area contributed by atoms with Crippen LogP contribution in [0.1, 0.15) is 20.8 Å². The zero-order valence-corrected chi connectivity index (χ0v) is 8.54. The largest absolute Gasteiger partial charge is 0.368 e. The fourth-order valence-electron chi connectivity index (χ4n) is 1.21. The Morgan fingerprint density at radius 3 is 2.69 bits per heavy atom. The fraction of sp³-hybridized carbons (Fsp3) is 0.700. The van der Waals surface area contributed by atoms with Crippen LogP contribution in [0.5, 0.6) is 0 Å². The number of rotatable bonds is 4.